The summed E-state index contributed by atoms with van der Waals surface area (Å²) >= 11 is 0. The smallest absolute Gasteiger partial charge is 0.354 e. The van der Waals surface area contributed by atoms with Crippen molar-refractivity contribution in [2.45, 2.75) is 32.8 Å². The van der Waals surface area contributed by atoms with Crippen LogP contribution in [0.2, 0.25) is 0 Å². The van der Waals surface area contributed by atoms with Crippen LogP contribution < -0.4 is 0 Å². The third kappa shape index (κ3) is 1.78. The summed E-state index contributed by atoms with van der Waals surface area (Å²) in [5.74, 6) is -1.37. The van der Waals surface area contributed by atoms with E-state index < -0.39 is 12.1 Å². The van der Waals surface area contributed by atoms with Gasteiger partial charge in [-0.2, -0.15) is 0 Å². The van der Waals surface area contributed by atoms with Gasteiger partial charge in [-0.1, -0.05) is 20.4 Å². The molecule has 0 aromatic carbocycles. The maximum absolute atomic E-state index is 10.0. The first-order valence-electron chi connectivity index (χ1n) is 4.73. The highest BCUT2D eigenvalue weighted by atomic mass is 16.9. The molecule has 1 N–H and O–H groups in total. The van der Waals surface area contributed by atoms with Crippen molar-refractivity contribution in [2.24, 2.45) is 5.41 Å². The number of rotatable bonds is 4. The third-order valence-electron chi connectivity index (χ3n) is 2.31. The van der Waals surface area contributed by atoms with Crippen molar-refractivity contribution >= 4 is 0 Å². The van der Waals surface area contributed by atoms with Crippen molar-refractivity contribution in [3.05, 3.63) is 12.8 Å². The molecule has 0 amide bonds. The van der Waals surface area contributed by atoms with E-state index in [1.165, 1.54) is 6.26 Å². The number of aliphatic hydroxyl groups is 1. The molecular weight excluding hydrogens is 184 g/mol. The molecule has 4 heteroatoms. The Morgan fingerprint density at radius 3 is 2.64 bits per heavy atom. The van der Waals surface area contributed by atoms with Gasteiger partial charge in [-0.3, -0.25) is 0 Å². The van der Waals surface area contributed by atoms with Crippen LogP contribution in [-0.4, -0.2) is 30.4 Å². The molecule has 14 heavy (non-hydrogen) atoms. The number of ether oxygens (including phenoxy) is 3. The van der Waals surface area contributed by atoms with Crippen molar-refractivity contribution in [3.8, 4) is 0 Å². The lowest BCUT2D eigenvalue weighted by molar-refractivity contribution is -0.368. The van der Waals surface area contributed by atoms with Crippen LogP contribution in [0.25, 0.3) is 0 Å². The summed E-state index contributed by atoms with van der Waals surface area (Å²) in [6.07, 6.45) is 0.397. The SMILES string of the molecule is C=COC1(OCC)OCC(C)(C)C1O. The fraction of sp³-hybridized carbons (Fsp3) is 0.800. The highest BCUT2D eigenvalue weighted by molar-refractivity contribution is 4.92. The van der Waals surface area contributed by atoms with E-state index in [2.05, 4.69) is 6.58 Å². The van der Waals surface area contributed by atoms with Gasteiger partial charge < -0.3 is 19.3 Å². The summed E-state index contributed by atoms with van der Waals surface area (Å²) in [6.45, 7) is 9.84. The molecule has 1 rings (SSSR count). The first-order valence-corrected chi connectivity index (χ1v) is 4.73. The van der Waals surface area contributed by atoms with Crippen LogP contribution in [-0.2, 0) is 14.2 Å². The van der Waals surface area contributed by atoms with Crippen LogP contribution >= 0.6 is 0 Å². The number of hydrogen-bond donors (Lipinski definition) is 1. The second-order valence-corrected chi connectivity index (χ2v) is 4.00. The molecule has 0 spiro atoms. The van der Waals surface area contributed by atoms with Gasteiger partial charge in [-0.25, -0.2) is 0 Å². The largest absolute Gasteiger partial charge is 0.446 e. The zero-order valence-electron chi connectivity index (χ0n) is 8.95. The minimum absolute atomic E-state index is 0.377. The Morgan fingerprint density at radius 2 is 2.29 bits per heavy atom. The van der Waals surface area contributed by atoms with Gasteiger partial charge in [0.25, 0.3) is 0 Å². The Morgan fingerprint density at radius 1 is 1.64 bits per heavy atom. The van der Waals surface area contributed by atoms with Gasteiger partial charge in [-0.15, -0.1) is 0 Å². The summed E-state index contributed by atoms with van der Waals surface area (Å²) in [7, 11) is 0. The van der Waals surface area contributed by atoms with Gasteiger partial charge in [0.1, 0.15) is 0 Å². The Balaban J connectivity index is 2.84. The summed E-state index contributed by atoms with van der Waals surface area (Å²) in [5.41, 5.74) is -0.377. The Labute approximate surface area is 84.5 Å². The van der Waals surface area contributed by atoms with Crippen LogP contribution in [0, 0.1) is 5.41 Å². The van der Waals surface area contributed by atoms with Gasteiger partial charge in [0.15, 0.2) is 6.10 Å². The second kappa shape index (κ2) is 3.88. The van der Waals surface area contributed by atoms with Gasteiger partial charge >= 0.3 is 5.97 Å². The summed E-state index contributed by atoms with van der Waals surface area (Å²) in [6, 6.07) is 0. The predicted molar refractivity (Wildman–Crippen MR) is 51.4 cm³/mol. The van der Waals surface area contributed by atoms with E-state index in [-0.39, 0.29) is 5.41 Å². The molecule has 82 valence electrons. The monoisotopic (exact) mass is 202 g/mol. The first kappa shape index (κ1) is 11.5. The van der Waals surface area contributed by atoms with Crippen LogP contribution in [0.3, 0.4) is 0 Å². The van der Waals surface area contributed by atoms with Gasteiger partial charge in [0, 0.05) is 5.41 Å². The van der Waals surface area contributed by atoms with E-state index in [1.807, 2.05) is 20.8 Å². The van der Waals surface area contributed by atoms with Crippen molar-refractivity contribution in [1.29, 1.82) is 0 Å². The maximum atomic E-state index is 10.0. The van der Waals surface area contributed by atoms with Gasteiger partial charge in [-0.05, 0) is 6.92 Å². The average molecular weight is 202 g/mol. The fourth-order valence-electron chi connectivity index (χ4n) is 1.49. The molecule has 2 unspecified atom stereocenters. The zero-order chi connectivity index (χ0) is 10.8. The van der Waals surface area contributed by atoms with E-state index in [0.29, 0.717) is 13.2 Å². The van der Waals surface area contributed by atoms with Crippen LogP contribution in [0.15, 0.2) is 12.8 Å². The number of aliphatic hydroxyl groups excluding tert-OH is 1. The van der Waals surface area contributed by atoms with Crippen molar-refractivity contribution < 1.29 is 19.3 Å². The molecule has 4 nitrogen and oxygen atoms in total. The molecule has 0 aromatic heterocycles. The predicted octanol–water partition coefficient (Wildman–Crippen LogP) is 1.25. The van der Waals surface area contributed by atoms with E-state index in [0.717, 1.165) is 0 Å². The Kier molecular flexibility index (Phi) is 3.19. The average Bonchev–Trinajstić information content (AvgIpc) is 2.32. The quantitative estimate of drug-likeness (QED) is 0.550. The van der Waals surface area contributed by atoms with Crippen LogP contribution in [0.5, 0.6) is 0 Å². The molecule has 0 saturated carbocycles. The standard InChI is InChI=1S/C10H18O4/c1-5-12-10(13-6-2)8(11)9(3,4)7-14-10/h5,8,11H,1,6-7H2,2-4H3. The normalized spacial score (nSPS) is 35.6. The zero-order valence-corrected chi connectivity index (χ0v) is 8.95. The van der Waals surface area contributed by atoms with Crippen molar-refractivity contribution in [3.63, 3.8) is 0 Å². The molecule has 1 fully saturated rings. The van der Waals surface area contributed by atoms with E-state index in [1.54, 1.807) is 0 Å². The van der Waals surface area contributed by atoms with E-state index >= 15 is 0 Å². The van der Waals surface area contributed by atoms with Crippen molar-refractivity contribution in [2.75, 3.05) is 13.2 Å². The summed E-state index contributed by atoms with van der Waals surface area (Å²) in [5, 5.41) is 10.0. The Bertz CT molecular complexity index is 214. The lowest BCUT2D eigenvalue weighted by Gasteiger charge is -2.32. The topological polar surface area (TPSA) is 47.9 Å². The summed E-state index contributed by atoms with van der Waals surface area (Å²) in [4.78, 5) is 0. The molecule has 1 heterocycles. The molecule has 1 aliphatic rings. The minimum atomic E-state index is -1.37. The molecule has 0 bridgehead atoms. The maximum Gasteiger partial charge on any atom is 0.354 e. The molecule has 2 atom stereocenters. The highest BCUT2D eigenvalue weighted by Gasteiger charge is 2.56. The van der Waals surface area contributed by atoms with Crippen LogP contribution in [0.1, 0.15) is 20.8 Å². The first-order chi connectivity index (χ1) is 6.48. The minimum Gasteiger partial charge on any atom is -0.446 e. The molecular formula is C10H18O4. The molecule has 0 radical (unpaired) electrons. The highest BCUT2D eigenvalue weighted by Crippen LogP contribution is 2.40. The van der Waals surface area contributed by atoms with Crippen molar-refractivity contribution in [1.82, 2.24) is 0 Å². The third-order valence-corrected chi connectivity index (χ3v) is 2.31. The fourth-order valence-corrected chi connectivity index (χ4v) is 1.49. The lowest BCUT2D eigenvalue weighted by Crippen LogP contribution is -2.47. The molecule has 1 saturated heterocycles. The lowest BCUT2D eigenvalue weighted by atomic mass is 9.89. The Hall–Kier alpha value is -0.580. The van der Waals surface area contributed by atoms with Crippen LogP contribution in [0.4, 0.5) is 0 Å². The van der Waals surface area contributed by atoms with E-state index in [9.17, 15) is 5.11 Å². The second-order valence-electron chi connectivity index (χ2n) is 4.00. The molecule has 0 aliphatic carbocycles. The molecule has 0 aromatic rings. The van der Waals surface area contributed by atoms with Gasteiger partial charge in [0.2, 0.25) is 0 Å². The number of hydrogen-bond acceptors (Lipinski definition) is 4. The molecule has 1 aliphatic heterocycles. The van der Waals surface area contributed by atoms with E-state index in [4.69, 9.17) is 14.2 Å². The van der Waals surface area contributed by atoms with Gasteiger partial charge in [0.05, 0.1) is 19.5 Å². The summed E-state index contributed by atoms with van der Waals surface area (Å²) < 4.78 is 15.8.